The van der Waals surface area contributed by atoms with Gasteiger partial charge in [0.05, 0.1) is 0 Å². The summed E-state index contributed by atoms with van der Waals surface area (Å²) in [7, 11) is 0. The summed E-state index contributed by atoms with van der Waals surface area (Å²) >= 11 is 0. The third-order valence-corrected chi connectivity index (χ3v) is 1.68. The molecule has 1 unspecified atom stereocenters. The van der Waals surface area contributed by atoms with Crippen LogP contribution in [0.5, 0.6) is 0 Å². The zero-order valence-corrected chi connectivity index (χ0v) is 10.4. The second-order valence-corrected chi connectivity index (χ2v) is 4.51. The predicted molar refractivity (Wildman–Crippen MR) is 58.7 cm³/mol. The topological polar surface area (TPSA) is 72.5 Å². The van der Waals surface area contributed by atoms with E-state index in [-0.39, 0.29) is 6.42 Å². The highest BCUT2D eigenvalue weighted by Crippen LogP contribution is 2.08. The number of nitrogens with one attached hydrogen (secondary N) is 1. The largest absolute Gasteiger partial charge is 0.458 e. The number of ether oxygens (including phenoxy) is 1. The fourth-order valence-electron chi connectivity index (χ4n) is 0.887. The first-order chi connectivity index (χ1) is 7.17. The van der Waals surface area contributed by atoms with Gasteiger partial charge in [-0.1, -0.05) is 6.92 Å². The van der Waals surface area contributed by atoms with E-state index in [4.69, 9.17) is 4.74 Å². The van der Waals surface area contributed by atoms with Gasteiger partial charge < -0.3 is 10.1 Å². The van der Waals surface area contributed by atoms with Crippen LogP contribution in [-0.2, 0) is 19.1 Å². The van der Waals surface area contributed by atoms with Crippen molar-refractivity contribution >= 4 is 17.7 Å². The van der Waals surface area contributed by atoms with E-state index in [1.807, 2.05) is 0 Å². The van der Waals surface area contributed by atoms with Crippen molar-refractivity contribution in [1.82, 2.24) is 5.32 Å². The van der Waals surface area contributed by atoms with Gasteiger partial charge in [0.25, 0.3) is 5.91 Å². The Bertz CT molecular complexity index is 291. The van der Waals surface area contributed by atoms with Crippen LogP contribution in [0.25, 0.3) is 0 Å². The molecule has 0 aromatic carbocycles. The summed E-state index contributed by atoms with van der Waals surface area (Å²) in [5.74, 6) is -1.85. The average Bonchev–Trinajstić information content (AvgIpc) is 2.13. The zero-order valence-electron chi connectivity index (χ0n) is 10.4. The second kappa shape index (κ2) is 5.63. The van der Waals surface area contributed by atoms with Crippen LogP contribution in [0.3, 0.4) is 0 Å². The summed E-state index contributed by atoms with van der Waals surface area (Å²) in [5.41, 5.74) is -0.606. The molecular formula is C11H19NO4. The van der Waals surface area contributed by atoms with E-state index in [0.717, 1.165) is 0 Å². The highest BCUT2D eigenvalue weighted by atomic mass is 16.6. The van der Waals surface area contributed by atoms with Crippen LogP contribution < -0.4 is 5.32 Å². The number of ketones is 1. The molecule has 0 rings (SSSR count). The molecule has 1 N–H and O–H groups in total. The molecule has 1 amide bonds. The van der Waals surface area contributed by atoms with Crippen molar-refractivity contribution in [2.45, 2.75) is 52.7 Å². The van der Waals surface area contributed by atoms with Crippen LogP contribution >= 0.6 is 0 Å². The smallest absolute Gasteiger partial charge is 0.328 e. The van der Waals surface area contributed by atoms with Gasteiger partial charge >= 0.3 is 5.97 Å². The normalized spacial score (nSPS) is 12.8. The van der Waals surface area contributed by atoms with Crippen LogP contribution in [0, 0.1) is 0 Å². The minimum absolute atomic E-state index is 0.118. The number of esters is 1. The summed E-state index contributed by atoms with van der Waals surface area (Å²) in [4.78, 5) is 33.6. The first-order valence-electron chi connectivity index (χ1n) is 5.24. The summed E-state index contributed by atoms with van der Waals surface area (Å²) in [6.45, 7) is 8.26. The molecule has 5 heteroatoms. The first-order valence-corrected chi connectivity index (χ1v) is 5.24. The molecule has 0 fully saturated rings. The first kappa shape index (κ1) is 14.6. The van der Waals surface area contributed by atoms with Gasteiger partial charge in [0.15, 0.2) is 0 Å². The maximum absolute atomic E-state index is 11.5. The number of Topliss-reactive ketones (excluding diaryl/α,β-unsaturated/α-hetero) is 1. The lowest BCUT2D eigenvalue weighted by molar-refractivity contribution is -0.158. The molecular weight excluding hydrogens is 210 g/mol. The lowest BCUT2D eigenvalue weighted by atomic mass is 10.2. The molecule has 0 aliphatic carbocycles. The Morgan fingerprint density at radius 3 is 2.12 bits per heavy atom. The molecule has 0 radical (unpaired) electrons. The molecule has 0 saturated heterocycles. The minimum Gasteiger partial charge on any atom is -0.458 e. The number of hydrogen-bond acceptors (Lipinski definition) is 4. The van der Waals surface area contributed by atoms with Crippen LogP contribution in [0.2, 0.25) is 0 Å². The number of carbonyl (C=O) groups excluding carboxylic acids is 3. The van der Waals surface area contributed by atoms with Gasteiger partial charge in [-0.2, -0.15) is 0 Å². The Labute approximate surface area is 95.5 Å². The van der Waals surface area contributed by atoms with Crippen LogP contribution in [0.15, 0.2) is 0 Å². The van der Waals surface area contributed by atoms with Crippen LogP contribution in [0.4, 0.5) is 0 Å². The molecule has 16 heavy (non-hydrogen) atoms. The average molecular weight is 229 g/mol. The molecule has 1 atom stereocenters. The standard InChI is InChI=1S/C11H19NO4/c1-6-8(13)9(14)12-7(2)10(15)16-11(3,4)5/h7H,6H2,1-5H3,(H,12,14). The summed E-state index contributed by atoms with van der Waals surface area (Å²) < 4.78 is 5.05. The zero-order chi connectivity index (χ0) is 12.9. The van der Waals surface area contributed by atoms with Crippen LogP contribution in [-0.4, -0.2) is 29.3 Å². The molecule has 0 saturated carbocycles. The number of carbonyl (C=O) groups is 3. The van der Waals surface area contributed by atoms with E-state index in [1.165, 1.54) is 6.92 Å². The molecule has 0 aromatic rings. The minimum atomic E-state index is -0.817. The van der Waals surface area contributed by atoms with E-state index in [2.05, 4.69) is 5.32 Å². The number of hydrogen-bond donors (Lipinski definition) is 1. The Balaban J connectivity index is 4.26. The third kappa shape index (κ3) is 5.48. The Kier molecular flexibility index (Phi) is 5.14. The molecule has 0 aliphatic heterocycles. The van der Waals surface area contributed by atoms with E-state index in [0.29, 0.717) is 0 Å². The van der Waals surface area contributed by atoms with Crippen molar-refractivity contribution in [3.05, 3.63) is 0 Å². The van der Waals surface area contributed by atoms with Crippen molar-refractivity contribution in [2.24, 2.45) is 0 Å². The molecule has 92 valence electrons. The van der Waals surface area contributed by atoms with E-state index < -0.39 is 29.3 Å². The molecule has 0 aromatic heterocycles. The molecule has 0 bridgehead atoms. The highest BCUT2D eigenvalue weighted by Gasteiger charge is 2.24. The highest BCUT2D eigenvalue weighted by molar-refractivity contribution is 6.36. The predicted octanol–water partition coefficient (Wildman–Crippen LogP) is 0.812. The van der Waals surface area contributed by atoms with E-state index in [1.54, 1.807) is 27.7 Å². The molecule has 0 aliphatic rings. The fourth-order valence-corrected chi connectivity index (χ4v) is 0.887. The SMILES string of the molecule is CCC(=O)C(=O)NC(C)C(=O)OC(C)(C)C. The van der Waals surface area contributed by atoms with Gasteiger partial charge in [-0.25, -0.2) is 4.79 Å². The third-order valence-electron chi connectivity index (χ3n) is 1.68. The molecule has 5 nitrogen and oxygen atoms in total. The maximum atomic E-state index is 11.5. The van der Waals surface area contributed by atoms with Crippen molar-refractivity contribution in [3.63, 3.8) is 0 Å². The Morgan fingerprint density at radius 1 is 1.25 bits per heavy atom. The molecule has 0 heterocycles. The van der Waals surface area contributed by atoms with E-state index in [9.17, 15) is 14.4 Å². The Morgan fingerprint density at radius 2 is 1.75 bits per heavy atom. The van der Waals surface area contributed by atoms with Crippen LogP contribution in [0.1, 0.15) is 41.0 Å². The van der Waals surface area contributed by atoms with E-state index >= 15 is 0 Å². The summed E-state index contributed by atoms with van der Waals surface area (Å²) in [6, 6.07) is -0.817. The van der Waals surface area contributed by atoms with Crippen molar-refractivity contribution < 1.29 is 19.1 Å². The second-order valence-electron chi connectivity index (χ2n) is 4.51. The van der Waals surface area contributed by atoms with Crippen molar-refractivity contribution in [3.8, 4) is 0 Å². The maximum Gasteiger partial charge on any atom is 0.328 e. The van der Waals surface area contributed by atoms with Gasteiger partial charge in [-0.15, -0.1) is 0 Å². The van der Waals surface area contributed by atoms with Gasteiger partial charge in [0.2, 0.25) is 5.78 Å². The van der Waals surface area contributed by atoms with Crippen molar-refractivity contribution in [2.75, 3.05) is 0 Å². The lowest BCUT2D eigenvalue weighted by Crippen LogP contribution is -2.44. The van der Waals surface area contributed by atoms with Gasteiger partial charge in [-0.05, 0) is 27.7 Å². The lowest BCUT2D eigenvalue weighted by Gasteiger charge is -2.22. The Hall–Kier alpha value is -1.39. The monoisotopic (exact) mass is 229 g/mol. The number of rotatable bonds is 4. The van der Waals surface area contributed by atoms with Gasteiger partial charge in [-0.3, -0.25) is 9.59 Å². The van der Waals surface area contributed by atoms with Crippen molar-refractivity contribution in [1.29, 1.82) is 0 Å². The quantitative estimate of drug-likeness (QED) is 0.572. The molecule has 0 spiro atoms. The van der Waals surface area contributed by atoms with Gasteiger partial charge in [0, 0.05) is 6.42 Å². The fraction of sp³-hybridized carbons (Fsp3) is 0.727. The summed E-state index contributed by atoms with van der Waals surface area (Å²) in [5, 5.41) is 2.29. The van der Waals surface area contributed by atoms with Gasteiger partial charge in [0.1, 0.15) is 11.6 Å². The number of amides is 1. The summed E-state index contributed by atoms with van der Waals surface area (Å²) in [6.07, 6.45) is 0.118.